The van der Waals surface area contributed by atoms with Crippen LogP contribution >= 0.6 is 0 Å². The van der Waals surface area contributed by atoms with Crippen molar-refractivity contribution in [2.45, 2.75) is 38.4 Å². The van der Waals surface area contributed by atoms with Crippen LogP contribution < -0.4 is 5.32 Å². The first-order chi connectivity index (χ1) is 8.52. The minimum Gasteiger partial charge on any atom is -0.309 e. The molecule has 0 radical (unpaired) electrons. The number of rotatable bonds is 2. The van der Waals surface area contributed by atoms with Crippen molar-refractivity contribution in [1.82, 2.24) is 5.32 Å². The Kier molecular flexibility index (Phi) is 3.95. The van der Waals surface area contributed by atoms with E-state index in [-0.39, 0.29) is 6.42 Å². The number of hydrogen-bond acceptors (Lipinski definition) is 1. The molecule has 0 aliphatic carbocycles. The summed E-state index contributed by atoms with van der Waals surface area (Å²) in [5, 5.41) is 3.02. The molecular weight excluding hydrogens is 239 g/mol. The van der Waals surface area contributed by atoms with E-state index in [9.17, 15) is 13.2 Å². The van der Waals surface area contributed by atoms with Gasteiger partial charge in [-0.3, -0.25) is 0 Å². The van der Waals surface area contributed by atoms with Gasteiger partial charge in [-0.15, -0.1) is 0 Å². The number of benzene rings is 1. The average molecular weight is 257 g/mol. The first-order valence-corrected chi connectivity index (χ1v) is 6.41. The van der Waals surface area contributed by atoms with Gasteiger partial charge < -0.3 is 5.32 Å². The van der Waals surface area contributed by atoms with Gasteiger partial charge in [0.05, 0.1) is 5.92 Å². The van der Waals surface area contributed by atoms with Crippen molar-refractivity contribution < 1.29 is 13.2 Å². The number of halogens is 3. The molecule has 4 heteroatoms. The van der Waals surface area contributed by atoms with Crippen molar-refractivity contribution in [3.05, 3.63) is 35.4 Å². The van der Waals surface area contributed by atoms with Gasteiger partial charge in [0.25, 0.3) is 0 Å². The van der Waals surface area contributed by atoms with Crippen LogP contribution in [-0.4, -0.2) is 12.7 Å². The zero-order valence-electron chi connectivity index (χ0n) is 10.4. The molecule has 1 aliphatic rings. The van der Waals surface area contributed by atoms with Crippen molar-refractivity contribution in [1.29, 1.82) is 0 Å². The Labute approximate surface area is 105 Å². The molecule has 1 N–H and O–H groups in total. The van der Waals surface area contributed by atoms with Crippen LogP contribution in [0.1, 0.15) is 36.9 Å². The lowest BCUT2D eigenvalue weighted by atomic mass is 9.85. The third-order valence-corrected chi connectivity index (χ3v) is 3.60. The molecular formula is C14H18F3N. The van der Waals surface area contributed by atoms with E-state index in [1.807, 2.05) is 25.1 Å². The number of alkyl halides is 3. The molecule has 0 bridgehead atoms. The highest BCUT2D eigenvalue weighted by atomic mass is 19.4. The summed E-state index contributed by atoms with van der Waals surface area (Å²) >= 11 is 0. The lowest BCUT2D eigenvalue weighted by Crippen LogP contribution is -2.41. The second-order valence-corrected chi connectivity index (χ2v) is 4.82. The molecule has 1 saturated heterocycles. The summed E-state index contributed by atoms with van der Waals surface area (Å²) in [6, 6.07) is 6.89. The molecule has 2 unspecified atom stereocenters. The van der Waals surface area contributed by atoms with Crippen LogP contribution in [0, 0.1) is 5.92 Å². The maximum atomic E-state index is 13.0. The maximum absolute atomic E-state index is 13.0. The largest absolute Gasteiger partial charge is 0.393 e. The molecule has 2 atom stereocenters. The van der Waals surface area contributed by atoms with Gasteiger partial charge in [-0.1, -0.05) is 31.2 Å². The van der Waals surface area contributed by atoms with Crippen molar-refractivity contribution in [2.75, 3.05) is 6.54 Å². The van der Waals surface area contributed by atoms with Gasteiger partial charge in [0.15, 0.2) is 0 Å². The van der Waals surface area contributed by atoms with E-state index in [1.165, 1.54) is 0 Å². The van der Waals surface area contributed by atoms with E-state index < -0.39 is 18.1 Å². The van der Waals surface area contributed by atoms with Crippen molar-refractivity contribution in [2.24, 2.45) is 5.92 Å². The lowest BCUT2D eigenvalue weighted by Gasteiger charge is -2.34. The van der Waals surface area contributed by atoms with Gasteiger partial charge in [-0.2, -0.15) is 13.2 Å². The molecule has 1 nitrogen and oxygen atoms in total. The number of piperidine rings is 1. The van der Waals surface area contributed by atoms with Gasteiger partial charge in [0.1, 0.15) is 0 Å². The Balaban J connectivity index is 2.28. The Morgan fingerprint density at radius 2 is 2.11 bits per heavy atom. The predicted molar refractivity (Wildman–Crippen MR) is 65.3 cm³/mol. The Bertz CT molecular complexity index is 400. The van der Waals surface area contributed by atoms with Crippen molar-refractivity contribution in [3.63, 3.8) is 0 Å². The molecule has 18 heavy (non-hydrogen) atoms. The normalized spacial score (nSPS) is 25.1. The molecule has 0 amide bonds. The van der Waals surface area contributed by atoms with E-state index in [2.05, 4.69) is 5.32 Å². The van der Waals surface area contributed by atoms with Crippen LogP contribution in [0.4, 0.5) is 13.2 Å². The first-order valence-electron chi connectivity index (χ1n) is 6.41. The Morgan fingerprint density at radius 1 is 1.33 bits per heavy atom. The number of nitrogens with one attached hydrogen (secondary N) is 1. The van der Waals surface area contributed by atoms with Crippen LogP contribution in [0.5, 0.6) is 0 Å². The standard InChI is InChI=1S/C14H18F3N/c1-2-10-5-3-6-11(9-10)13-12(14(15,16)17)7-4-8-18-13/h3,5-6,9,12-13,18H,2,4,7-8H2,1H3. The molecule has 1 aromatic carbocycles. The summed E-state index contributed by atoms with van der Waals surface area (Å²) in [4.78, 5) is 0. The molecule has 1 aromatic rings. The van der Waals surface area contributed by atoms with E-state index in [0.717, 1.165) is 17.5 Å². The van der Waals surface area contributed by atoms with Gasteiger partial charge in [-0.25, -0.2) is 0 Å². The first kappa shape index (κ1) is 13.4. The molecule has 0 saturated carbocycles. The van der Waals surface area contributed by atoms with Crippen molar-refractivity contribution >= 4 is 0 Å². The fraction of sp³-hybridized carbons (Fsp3) is 0.571. The molecule has 0 spiro atoms. The minimum absolute atomic E-state index is 0.220. The smallest absolute Gasteiger partial charge is 0.309 e. The number of hydrogen-bond donors (Lipinski definition) is 1. The topological polar surface area (TPSA) is 12.0 Å². The van der Waals surface area contributed by atoms with E-state index in [1.54, 1.807) is 6.07 Å². The monoisotopic (exact) mass is 257 g/mol. The predicted octanol–water partition coefficient (Wildman–Crippen LogP) is 3.85. The third-order valence-electron chi connectivity index (χ3n) is 3.60. The third kappa shape index (κ3) is 2.86. The molecule has 1 fully saturated rings. The fourth-order valence-corrected chi connectivity index (χ4v) is 2.60. The second-order valence-electron chi connectivity index (χ2n) is 4.82. The molecule has 0 aromatic heterocycles. The molecule has 1 heterocycles. The average Bonchev–Trinajstić information content (AvgIpc) is 2.38. The van der Waals surface area contributed by atoms with E-state index >= 15 is 0 Å². The van der Waals surface area contributed by atoms with E-state index in [4.69, 9.17) is 0 Å². The highest BCUT2D eigenvalue weighted by Crippen LogP contribution is 2.41. The van der Waals surface area contributed by atoms with Crippen molar-refractivity contribution in [3.8, 4) is 0 Å². The van der Waals surface area contributed by atoms with Gasteiger partial charge >= 0.3 is 6.18 Å². The summed E-state index contributed by atoms with van der Waals surface area (Å²) in [7, 11) is 0. The Morgan fingerprint density at radius 3 is 2.78 bits per heavy atom. The molecule has 2 rings (SSSR count). The zero-order chi connectivity index (χ0) is 13.2. The minimum atomic E-state index is -4.12. The highest BCUT2D eigenvalue weighted by Gasteiger charge is 2.45. The summed E-state index contributed by atoms with van der Waals surface area (Å²) in [5.41, 5.74) is 1.84. The zero-order valence-corrected chi connectivity index (χ0v) is 10.4. The maximum Gasteiger partial charge on any atom is 0.393 e. The quantitative estimate of drug-likeness (QED) is 0.848. The summed E-state index contributed by atoms with van der Waals surface area (Å²) < 4.78 is 39.1. The van der Waals surface area contributed by atoms with Gasteiger partial charge in [0, 0.05) is 6.04 Å². The van der Waals surface area contributed by atoms with Crippen LogP contribution in [-0.2, 0) is 6.42 Å². The lowest BCUT2D eigenvalue weighted by molar-refractivity contribution is -0.189. The summed E-state index contributed by atoms with van der Waals surface area (Å²) in [6.45, 7) is 2.67. The molecule has 100 valence electrons. The SMILES string of the molecule is CCc1cccc(C2NCCCC2C(F)(F)F)c1. The molecule has 1 aliphatic heterocycles. The Hall–Kier alpha value is -1.03. The summed E-state index contributed by atoms with van der Waals surface area (Å²) in [6.07, 6.45) is -2.47. The van der Waals surface area contributed by atoms with E-state index in [0.29, 0.717) is 13.0 Å². The fourth-order valence-electron chi connectivity index (χ4n) is 2.60. The number of aryl methyl sites for hydroxylation is 1. The van der Waals surface area contributed by atoms with Crippen LogP contribution in [0.2, 0.25) is 0 Å². The van der Waals surface area contributed by atoms with Gasteiger partial charge in [0.2, 0.25) is 0 Å². The van der Waals surface area contributed by atoms with Crippen LogP contribution in [0.15, 0.2) is 24.3 Å². The summed E-state index contributed by atoms with van der Waals surface area (Å²) in [5.74, 6) is -1.27. The highest BCUT2D eigenvalue weighted by molar-refractivity contribution is 5.27. The van der Waals surface area contributed by atoms with Crippen LogP contribution in [0.25, 0.3) is 0 Å². The second kappa shape index (κ2) is 5.31. The van der Waals surface area contributed by atoms with Crippen LogP contribution in [0.3, 0.4) is 0 Å². The van der Waals surface area contributed by atoms with Gasteiger partial charge in [-0.05, 0) is 36.9 Å².